The minimum atomic E-state index is -0.280. The van der Waals surface area contributed by atoms with Crippen LogP contribution in [-0.4, -0.2) is 25.2 Å². The Morgan fingerprint density at radius 1 is 1.16 bits per heavy atom. The average Bonchev–Trinajstić information content (AvgIpc) is 2.84. The van der Waals surface area contributed by atoms with Crippen molar-refractivity contribution in [1.29, 1.82) is 0 Å². The lowest BCUT2D eigenvalue weighted by Crippen LogP contribution is -2.15. The Bertz CT molecular complexity index is 636. The molecular formula is C21H28O4. The van der Waals surface area contributed by atoms with Crippen LogP contribution in [0, 0.1) is 5.92 Å². The van der Waals surface area contributed by atoms with Gasteiger partial charge >= 0.3 is 11.9 Å². The van der Waals surface area contributed by atoms with Crippen LogP contribution in [0.2, 0.25) is 0 Å². The first-order chi connectivity index (χ1) is 11.9. The van der Waals surface area contributed by atoms with E-state index >= 15 is 0 Å². The van der Waals surface area contributed by atoms with E-state index in [0.29, 0.717) is 12.0 Å². The standard InChI is InChI=1S/C21H28O4/c1-14-7-5-9-17(21(23)24-4)10-6-8-15(2)13-19-18(12-11-14)16(3)20(22)25-19/h7,10,13,18-19H,3,5-6,8-9,11-12H2,1-2,4H3/b14-7+,15-13+,17-10-. The summed E-state index contributed by atoms with van der Waals surface area (Å²) in [7, 11) is 1.42. The number of hydrogen-bond donors (Lipinski definition) is 0. The first kappa shape index (κ1) is 19.2. The van der Waals surface area contributed by atoms with Gasteiger partial charge in [0.05, 0.1) is 7.11 Å². The van der Waals surface area contributed by atoms with Crippen molar-refractivity contribution in [1.82, 2.24) is 0 Å². The quantitative estimate of drug-likeness (QED) is 0.401. The van der Waals surface area contributed by atoms with Gasteiger partial charge in [0.2, 0.25) is 0 Å². The monoisotopic (exact) mass is 344 g/mol. The molecule has 0 bridgehead atoms. The largest absolute Gasteiger partial charge is 0.466 e. The summed E-state index contributed by atoms with van der Waals surface area (Å²) >= 11 is 0. The molecule has 0 spiro atoms. The Morgan fingerprint density at radius 2 is 1.88 bits per heavy atom. The molecule has 0 radical (unpaired) electrons. The summed E-state index contributed by atoms with van der Waals surface area (Å²) in [5, 5.41) is 0. The molecule has 4 heteroatoms. The predicted molar refractivity (Wildman–Crippen MR) is 97.8 cm³/mol. The first-order valence-corrected chi connectivity index (χ1v) is 8.92. The summed E-state index contributed by atoms with van der Waals surface area (Å²) in [6, 6.07) is 0. The number of allylic oxidation sites excluding steroid dienone is 4. The van der Waals surface area contributed by atoms with Crippen LogP contribution in [0.15, 0.2) is 47.1 Å². The van der Waals surface area contributed by atoms with Gasteiger partial charge in [0.15, 0.2) is 0 Å². The van der Waals surface area contributed by atoms with Crippen molar-refractivity contribution in [2.75, 3.05) is 7.11 Å². The summed E-state index contributed by atoms with van der Waals surface area (Å²) in [5.41, 5.74) is 3.73. The molecule has 0 N–H and O–H groups in total. The van der Waals surface area contributed by atoms with Crippen molar-refractivity contribution in [2.45, 2.75) is 58.5 Å². The van der Waals surface area contributed by atoms with E-state index in [0.717, 1.165) is 43.3 Å². The lowest BCUT2D eigenvalue weighted by molar-refractivity contribution is -0.138. The SMILES string of the molecule is C=C1C(=O)OC2/C=C(\C)CC/C=C(\C(=O)OC)CC/C=C(\C)CCC12. The average molecular weight is 344 g/mol. The number of hydrogen-bond acceptors (Lipinski definition) is 4. The van der Waals surface area contributed by atoms with Gasteiger partial charge in [-0.25, -0.2) is 9.59 Å². The van der Waals surface area contributed by atoms with Gasteiger partial charge in [-0.1, -0.05) is 29.9 Å². The van der Waals surface area contributed by atoms with E-state index < -0.39 is 0 Å². The summed E-state index contributed by atoms with van der Waals surface area (Å²) in [4.78, 5) is 23.8. The van der Waals surface area contributed by atoms with Crippen molar-refractivity contribution < 1.29 is 19.1 Å². The highest BCUT2D eigenvalue weighted by Crippen LogP contribution is 2.33. The van der Waals surface area contributed by atoms with Gasteiger partial charge in [0, 0.05) is 17.1 Å². The molecule has 0 amide bonds. The molecule has 2 unspecified atom stereocenters. The van der Waals surface area contributed by atoms with Crippen LogP contribution in [0.4, 0.5) is 0 Å². The normalized spacial score (nSPS) is 32.0. The third kappa shape index (κ3) is 5.18. The third-order valence-corrected chi connectivity index (χ3v) is 4.93. The minimum Gasteiger partial charge on any atom is -0.466 e. The number of esters is 2. The first-order valence-electron chi connectivity index (χ1n) is 8.92. The third-order valence-electron chi connectivity index (χ3n) is 4.93. The highest BCUT2D eigenvalue weighted by atomic mass is 16.6. The molecule has 0 aromatic carbocycles. The van der Waals surface area contributed by atoms with Crippen LogP contribution in [-0.2, 0) is 19.1 Å². The number of carbonyl (C=O) groups is 2. The predicted octanol–water partition coefficient (Wildman–Crippen LogP) is 4.43. The second kappa shape index (κ2) is 8.84. The van der Waals surface area contributed by atoms with E-state index in [1.54, 1.807) is 0 Å². The Labute approximate surface area is 150 Å². The number of carbonyl (C=O) groups excluding carboxylic acids is 2. The summed E-state index contributed by atoms with van der Waals surface area (Å²) in [6.45, 7) is 8.05. The molecule has 1 fully saturated rings. The summed E-state index contributed by atoms with van der Waals surface area (Å²) < 4.78 is 10.4. The number of fused-ring (bicyclic) bond motifs is 1. The van der Waals surface area contributed by atoms with Gasteiger partial charge in [0.1, 0.15) is 6.10 Å². The fraction of sp³-hybridized carbons (Fsp3) is 0.524. The smallest absolute Gasteiger partial charge is 0.334 e. The fourth-order valence-electron chi connectivity index (χ4n) is 3.34. The number of methoxy groups -OCH3 is 1. The van der Waals surface area contributed by atoms with E-state index in [-0.39, 0.29) is 24.0 Å². The molecule has 0 saturated carbocycles. The second-order valence-electron chi connectivity index (χ2n) is 6.90. The fourth-order valence-corrected chi connectivity index (χ4v) is 3.34. The van der Waals surface area contributed by atoms with E-state index in [4.69, 9.17) is 9.47 Å². The molecular weight excluding hydrogens is 316 g/mol. The molecule has 2 atom stereocenters. The van der Waals surface area contributed by atoms with Crippen molar-refractivity contribution in [3.63, 3.8) is 0 Å². The van der Waals surface area contributed by atoms with Crippen molar-refractivity contribution >= 4 is 11.9 Å². The van der Waals surface area contributed by atoms with Gasteiger partial charge in [-0.2, -0.15) is 0 Å². The van der Waals surface area contributed by atoms with Crippen LogP contribution in [0.25, 0.3) is 0 Å². The van der Waals surface area contributed by atoms with Crippen LogP contribution < -0.4 is 0 Å². The topological polar surface area (TPSA) is 52.6 Å². The molecule has 1 aliphatic heterocycles. The highest BCUT2D eigenvalue weighted by Gasteiger charge is 2.36. The Kier molecular flexibility index (Phi) is 6.80. The van der Waals surface area contributed by atoms with Crippen molar-refractivity contribution in [2.24, 2.45) is 5.92 Å². The lowest BCUT2D eigenvalue weighted by Gasteiger charge is -2.16. The number of ether oxygens (including phenoxy) is 2. The van der Waals surface area contributed by atoms with Crippen LogP contribution in [0.1, 0.15) is 52.4 Å². The zero-order valence-electron chi connectivity index (χ0n) is 15.5. The molecule has 1 heterocycles. The van der Waals surface area contributed by atoms with Gasteiger partial charge in [-0.15, -0.1) is 0 Å². The Hall–Kier alpha value is -2.10. The number of rotatable bonds is 1. The molecule has 4 nitrogen and oxygen atoms in total. The molecule has 2 aliphatic rings. The highest BCUT2D eigenvalue weighted by molar-refractivity contribution is 5.91. The van der Waals surface area contributed by atoms with Crippen molar-refractivity contribution in [3.8, 4) is 0 Å². The lowest BCUT2D eigenvalue weighted by atomic mass is 9.89. The van der Waals surface area contributed by atoms with E-state index in [1.165, 1.54) is 12.7 Å². The van der Waals surface area contributed by atoms with Crippen LogP contribution in [0.5, 0.6) is 0 Å². The van der Waals surface area contributed by atoms with E-state index in [2.05, 4.69) is 19.6 Å². The Balaban J connectivity index is 2.23. The molecule has 0 aromatic rings. The maximum Gasteiger partial charge on any atom is 0.334 e. The molecule has 1 saturated heterocycles. The van der Waals surface area contributed by atoms with Gasteiger partial charge in [-0.3, -0.25) is 0 Å². The van der Waals surface area contributed by atoms with E-state index in [9.17, 15) is 9.59 Å². The summed E-state index contributed by atoms with van der Waals surface area (Å²) in [6.07, 6.45) is 10.8. The van der Waals surface area contributed by atoms with Gasteiger partial charge in [0.25, 0.3) is 0 Å². The Morgan fingerprint density at radius 3 is 2.60 bits per heavy atom. The second-order valence-corrected chi connectivity index (χ2v) is 6.90. The molecule has 0 aromatic heterocycles. The summed E-state index contributed by atoms with van der Waals surface area (Å²) in [5.74, 6) is -0.478. The zero-order chi connectivity index (χ0) is 18.4. The van der Waals surface area contributed by atoms with Gasteiger partial charge in [-0.05, 0) is 58.4 Å². The molecule has 25 heavy (non-hydrogen) atoms. The van der Waals surface area contributed by atoms with Crippen LogP contribution >= 0.6 is 0 Å². The van der Waals surface area contributed by atoms with Gasteiger partial charge < -0.3 is 9.47 Å². The van der Waals surface area contributed by atoms with Crippen molar-refractivity contribution in [3.05, 3.63) is 47.1 Å². The van der Waals surface area contributed by atoms with E-state index in [1.807, 2.05) is 19.1 Å². The maximum absolute atomic E-state index is 11.9. The molecule has 1 aliphatic carbocycles. The molecule has 2 rings (SSSR count). The maximum atomic E-state index is 11.9. The van der Waals surface area contributed by atoms with Crippen LogP contribution in [0.3, 0.4) is 0 Å². The zero-order valence-corrected chi connectivity index (χ0v) is 15.5. The molecule has 136 valence electrons. The minimum absolute atomic E-state index is 0.0508.